The smallest absolute Gasteiger partial charge is 0.308 e. The number of nitrogens with zero attached hydrogens (tertiary/aromatic N) is 3. The van der Waals surface area contributed by atoms with Crippen LogP contribution < -0.4 is 10.6 Å². The maximum absolute atomic E-state index is 11.9. The van der Waals surface area contributed by atoms with Crippen molar-refractivity contribution in [2.24, 2.45) is 5.41 Å². The zero-order chi connectivity index (χ0) is 26.7. The first-order valence-electron chi connectivity index (χ1n) is 12.6. The molecule has 1 aliphatic carbocycles. The molecule has 0 saturated heterocycles. The van der Waals surface area contributed by atoms with E-state index in [0.717, 1.165) is 47.9 Å². The third kappa shape index (κ3) is 7.19. The molecule has 1 aromatic carbocycles. The molecule has 0 amide bonds. The summed E-state index contributed by atoms with van der Waals surface area (Å²) in [5.41, 5.74) is 4.90. The topological polar surface area (TPSA) is 80.5 Å². The van der Waals surface area contributed by atoms with Crippen LogP contribution in [0.4, 0.5) is 5.69 Å². The van der Waals surface area contributed by atoms with Gasteiger partial charge in [-0.15, -0.1) is 9.24 Å². The van der Waals surface area contributed by atoms with Gasteiger partial charge in [-0.2, -0.15) is 4.98 Å². The van der Waals surface area contributed by atoms with Gasteiger partial charge in [0.25, 0.3) is 5.89 Å². The van der Waals surface area contributed by atoms with Crippen molar-refractivity contribution >= 4 is 31.8 Å². The van der Waals surface area contributed by atoms with E-state index >= 15 is 0 Å². The molecule has 1 atom stereocenters. The van der Waals surface area contributed by atoms with Crippen LogP contribution in [0.2, 0.25) is 0 Å². The second-order valence-corrected chi connectivity index (χ2v) is 11.9. The van der Waals surface area contributed by atoms with Crippen molar-refractivity contribution in [2.45, 2.75) is 72.8 Å². The quantitative estimate of drug-likeness (QED) is 0.335. The molecule has 8 heteroatoms. The fraction of sp³-hybridized carbons (Fsp3) is 0.536. The minimum absolute atomic E-state index is 0.221. The number of allylic oxidation sites excluding steroid dienone is 3. The number of carbonyl (C=O) groups excluding carboxylic acids is 1. The van der Waals surface area contributed by atoms with Gasteiger partial charge in [-0.25, -0.2) is 0 Å². The van der Waals surface area contributed by atoms with Crippen LogP contribution >= 0.6 is 9.24 Å². The predicted octanol–water partition coefficient (Wildman–Crippen LogP) is 5.81. The Hall–Kier alpha value is -2.66. The van der Waals surface area contributed by atoms with Crippen molar-refractivity contribution in [1.29, 1.82) is 0 Å². The summed E-state index contributed by atoms with van der Waals surface area (Å²) < 4.78 is 11.0. The molecule has 1 aromatic heterocycles. The highest BCUT2D eigenvalue weighted by molar-refractivity contribution is 7.28. The number of carbonyl (C=O) groups is 1. The first-order valence-corrected chi connectivity index (χ1v) is 13.2. The first-order chi connectivity index (χ1) is 16.8. The molecule has 0 bridgehead atoms. The maximum Gasteiger partial charge on any atom is 0.308 e. The highest BCUT2D eigenvalue weighted by Crippen LogP contribution is 2.43. The van der Waals surface area contributed by atoms with Gasteiger partial charge in [0.15, 0.2) is 0 Å². The van der Waals surface area contributed by atoms with Crippen LogP contribution in [0.5, 0.6) is 0 Å². The van der Waals surface area contributed by atoms with Crippen LogP contribution in [0.25, 0.3) is 17.0 Å². The van der Waals surface area contributed by atoms with E-state index in [0.29, 0.717) is 24.7 Å². The van der Waals surface area contributed by atoms with Crippen molar-refractivity contribution in [1.82, 2.24) is 15.0 Å². The van der Waals surface area contributed by atoms with Crippen LogP contribution in [0.15, 0.2) is 40.6 Å². The third-order valence-electron chi connectivity index (χ3n) is 6.40. The van der Waals surface area contributed by atoms with E-state index in [1.807, 2.05) is 39.0 Å². The first kappa shape index (κ1) is 27.9. The standard InChI is InChI=1S/C28H41N4O3P/c1-9-32(8)22-17-28(6,7)14-12-20(22)18(2)26-30-25(31-35-26)19-10-11-21(23(36)16-19)29-15-13-24(33)34-27(3,4)5/h10-11,16,29H,2,9,12-15,17,36H2,1,3-8H3. The molecular formula is C28H41N4O3P. The minimum Gasteiger partial charge on any atom is -0.460 e. The Kier molecular flexibility index (Phi) is 8.66. The Bertz CT molecular complexity index is 1140. The second kappa shape index (κ2) is 11.2. The van der Waals surface area contributed by atoms with Gasteiger partial charge in [-0.05, 0) is 81.4 Å². The number of aromatic nitrogens is 2. The molecule has 7 nitrogen and oxygen atoms in total. The molecule has 36 heavy (non-hydrogen) atoms. The second-order valence-electron chi connectivity index (χ2n) is 11.2. The zero-order valence-electron chi connectivity index (χ0n) is 22.8. The lowest BCUT2D eigenvalue weighted by molar-refractivity contribution is -0.154. The van der Waals surface area contributed by atoms with Gasteiger partial charge in [-0.1, -0.05) is 25.6 Å². The lowest BCUT2D eigenvalue weighted by Crippen LogP contribution is -2.28. The average molecular weight is 513 g/mol. The maximum atomic E-state index is 11.9. The monoisotopic (exact) mass is 512 g/mol. The normalized spacial score (nSPS) is 15.6. The number of ether oxygens (including phenoxy) is 1. The number of rotatable bonds is 9. The summed E-state index contributed by atoms with van der Waals surface area (Å²) in [4.78, 5) is 18.9. The van der Waals surface area contributed by atoms with Gasteiger partial charge in [0.2, 0.25) is 5.82 Å². The van der Waals surface area contributed by atoms with E-state index < -0.39 is 5.60 Å². The highest BCUT2D eigenvalue weighted by Gasteiger charge is 2.31. The molecule has 1 unspecified atom stereocenters. The number of esters is 1. The molecule has 0 aliphatic heterocycles. The minimum atomic E-state index is -0.475. The molecule has 1 N–H and O–H groups in total. The number of hydrogen-bond acceptors (Lipinski definition) is 7. The molecule has 3 rings (SSSR count). The van der Waals surface area contributed by atoms with Crippen LogP contribution in [0.3, 0.4) is 0 Å². The fourth-order valence-corrected chi connectivity index (χ4v) is 4.66. The van der Waals surface area contributed by atoms with Crippen molar-refractivity contribution in [3.63, 3.8) is 0 Å². The summed E-state index contributed by atoms with van der Waals surface area (Å²) >= 11 is 0. The van der Waals surface area contributed by atoms with Crippen LogP contribution in [0, 0.1) is 5.41 Å². The predicted molar refractivity (Wildman–Crippen MR) is 150 cm³/mol. The van der Waals surface area contributed by atoms with Gasteiger partial charge >= 0.3 is 5.97 Å². The summed E-state index contributed by atoms with van der Waals surface area (Å²) in [7, 11) is 4.85. The molecule has 2 aromatic rings. The third-order valence-corrected chi connectivity index (χ3v) is 6.88. The summed E-state index contributed by atoms with van der Waals surface area (Å²) in [6.07, 6.45) is 3.35. The largest absolute Gasteiger partial charge is 0.460 e. The van der Waals surface area contributed by atoms with Crippen molar-refractivity contribution < 1.29 is 14.1 Å². The molecule has 1 aliphatic rings. The Morgan fingerprint density at radius 2 is 2.06 bits per heavy atom. The fourth-order valence-electron chi connectivity index (χ4n) is 4.28. The van der Waals surface area contributed by atoms with E-state index in [1.165, 1.54) is 11.3 Å². The molecule has 196 valence electrons. The molecular weight excluding hydrogens is 471 g/mol. The lowest BCUT2D eigenvalue weighted by Gasteiger charge is -2.37. The van der Waals surface area contributed by atoms with Crippen LogP contribution in [0.1, 0.15) is 73.1 Å². The van der Waals surface area contributed by atoms with Gasteiger partial charge in [0, 0.05) is 42.7 Å². The van der Waals surface area contributed by atoms with E-state index in [2.05, 4.69) is 64.0 Å². The summed E-state index contributed by atoms with van der Waals surface area (Å²) in [5.74, 6) is 0.769. The Balaban J connectivity index is 1.72. The van der Waals surface area contributed by atoms with Gasteiger partial charge in [0.1, 0.15) is 5.60 Å². The number of anilines is 1. The molecule has 0 radical (unpaired) electrons. The summed E-state index contributed by atoms with van der Waals surface area (Å²) in [6, 6.07) is 5.88. The lowest BCUT2D eigenvalue weighted by atomic mass is 9.75. The van der Waals surface area contributed by atoms with Crippen LogP contribution in [-0.2, 0) is 9.53 Å². The highest BCUT2D eigenvalue weighted by atomic mass is 31.0. The molecule has 0 spiro atoms. The number of nitrogens with one attached hydrogen (secondary N) is 1. The molecule has 0 saturated carbocycles. The Morgan fingerprint density at radius 3 is 2.69 bits per heavy atom. The Labute approximate surface area is 218 Å². The Morgan fingerprint density at radius 1 is 1.33 bits per heavy atom. The average Bonchev–Trinajstić information content (AvgIpc) is 3.27. The van der Waals surface area contributed by atoms with Crippen molar-refractivity contribution in [3.05, 3.63) is 41.9 Å². The van der Waals surface area contributed by atoms with Crippen LogP contribution in [-0.4, -0.2) is 46.7 Å². The van der Waals surface area contributed by atoms with E-state index in [9.17, 15) is 4.79 Å². The van der Waals surface area contributed by atoms with Gasteiger partial charge in [-0.3, -0.25) is 4.79 Å². The van der Waals surface area contributed by atoms with E-state index in [4.69, 9.17) is 9.26 Å². The van der Waals surface area contributed by atoms with E-state index in [-0.39, 0.29) is 11.4 Å². The van der Waals surface area contributed by atoms with Gasteiger partial charge < -0.3 is 19.5 Å². The molecule has 0 fully saturated rings. The number of benzene rings is 1. The molecule has 1 heterocycles. The van der Waals surface area contributed by atoms with Gasteiger partial charge in [0.05, 0.1) is 6.42 Å². The summed E-state index contributed by atoms with van der Waals surface area (Å²) in [6.45, 7) is 18.2. The van der Waals surface area contributed by atoms with Crippen molar-refractivity contribution in [2.75, 3.05) is 25.5 Å². The zero-order valence-corrected chi connectivity index (χ0v) is 24.0. The number of hydrogen-bond donors (Lipinski definition) is 1. The van der Waals surface area contributed by atoms with E-state index in [1.54, 1.807) is 0 Å². The van der Waals surface area contributed by atoms with Crippen molar-refractivity contribution in [3.8, 4) is 11.4 Å². The SMILES string of the molecule is C=C(C1=C(N(C)CC)CC(C)(C)CC1)c1nc(-c2ccc(NCCC(=O)OC(C)(C)C)c(P)c2)no1. The summed E-state index contributed by atoms with van der Waals surface area (Å²) in [5, 5.41) is 8.48.